The van der Waals surface area contributed by atoms with Gasteiger partial charge in [-0.25, -0.2) is 8.78 Å². The van der Waals surface area contributed by atoms with Gasteiger partial charge in [0.05, 0.1) is 0 Å². The summed E-state index contributed by atoms with van der Waals surface area (Å²) in [5, 5.41) is -0.416. The highest BCUT2D eigenvalue weighted by Crippen LogP contribution is 2.40. The van der Waals surface area contributed by atoms with Crippen molar-refractivity contribution in [2.24, 2.45) is 0 Å². The van der Waals surface area contributed by atoms with E-state index in [0.29, 0.717) is 5.56 Å². The number of rotatable bonds is 1. The van der Waals surface area contributed by atoms with Crippen LogP contribution in [0.1, 0.15) is 24.3 Å². The van der Waals surface area contributed by atoms with Gasteiger partial charge >= 0.3 is 0 Å². The molecule has 0 aromatic heterocycles. The first-order valence-electron chi connectivity index (χ1n) is 5.72. The predicted octanol–water partition coefficient (Wildman–Crippen LogP) is 5.31. The van der Waals surface area contributed by atoms with Crippen LogP contribution < -0.4 is 0 Å². The topological polar surface area (TPSA) is 0 Å². The van der Waals surface area contributed by atoms with Crippen LogP contribution in [0.3, 0.4) is 0 Å². The van der Waals surface area contributed by atoms with E-state index in [1.807, 2.05) is 0 Å². The van der Waals surface area contributed by atoms with E-state index in [-0.39, 0.29) is 5.92 Å². The van der Waals surface area contributed by atoms with Crippen LogP contribution >= 0.6 is 22.7 Å². The molecule has 2 rings (SSSR count). The van der Waals surface area contributed by atoms with E-state index in [4.69, 9.17) is 22.7 Å². The van der Waals surface area contributed by atoms with Gasteiger partial charge in [-0.15, -0.1) is 0 Å². The van der Waals surface area contributed by atoms with E-state index in [1.165, 1.54) is 12.1 Å². The number of hydrogen-bond donors (Lipinski definition) is 0. The zero-order chi connectivity index (χ0) is 12.6. The van der Waals surface area contributed by atoms with E-state index in [2.05, 4.69) is 6.55 Å². The Morgan fingerprint density at radius 2 is 1.65 bits per heavy atom. The van der Waals surface area contributed by atoms with Crippen molar-refractivity contribution in [3.8, 4) is 0 Å². The van der Waals surface area contributed by atoms with Crippen LogP contribution in [-0.2, 0) is 0 Å². The molecule has 1 aliphatic rings. The van der Waals surface area contributed by atoms with E-state index in [0.717, 1.165) is 24.9 Å². The summed E-state index contributed by atoms with van der Waals surface area (Å²) in [6, 6.07) is 4.72. The molecule has 0 nitrogen and oxygen atoms in total. The molecule has 1 aromatic rings. The Morgan fingerprint density at radius 3 is 2.12 bits per heavy atom. The molecule has 1 heterocycles. The molecular formula is C12H14Cl2F2Si. The lowest BCUT2D eigenvalue weighted by molar-refractivity contribution is 0.558. The minimum atomic E-state index is -1.54. The van der Waals surface area contributed by atoms with Crippen molar-refractivity contribution in [2.75, 3.05) is 0 Å². The summed E-state index contributed by atoms with van der Waals surface area (Å²) in [4.78, 5) is 0. The first-order valence-corrected chi connectivity index (χ1v) is 10.0. The van der Waals surface area contributed by atoms with Gasteiger partial charge in [0.1, 0.15) is 16.7 Å². The van der Waals surface area contributed by atoms with Crippen LogP contribution in [-0.4, -0.2) is 7.38 Å². The van der Waals surface area contributed by atoms with Crippen LogP contribution in [0.25, 0.3) is 0 Å². The molecule has 0 spiro atoms. The zero-order valence-corrected chi connectivity index (χ0v) is 12.1. The van der Waals surface area contributed by atoms with Crippen molar-refractivity contribution >= 4 is 30.1 Å². The normalized spacial score (nSPS) is 29.4. The lowest BCUT2D eigenvalue weighted by Gasteiger charge is -2.30. The van der Waals surface area contributed by atoms with Gasteiger partial charge in [0, 0.05) is 0 Å². The maximum absolute atomic E-state index is 13.4. The summed E-state index contributed by atoms with van der Waals surface area (Å²) in [7, 11) is -1.54. The lowest BCUT2D eigenvalue weighted by Crippen LogP contribution is -2.27. The fourth-order valence-electron chi connectivity index (χ4n) is 2.36. The second kappa shape index (κ2) is 4.86. The Kier molecular flexibility index (Phi) is 3.81. The molecule has 0 saturated carbocycles. The molecule has 0 radical (unpaired) electrons. The summed E-state index contributed by atoms with van der Waals surface area (Å²) in [6.45, 7) is 2.15. The highest BCUT2D eigenvalue weighted by molar-refractivity contribution is 7.19. The Hall–Kier alpha value is -0.123. The summed E-state index contributed by atoms with van der Waals surface area (Å²) in [5.41, 5.74) is 0.713. The smallest absolute Gasteiger partial charge is 0.153 e. The standard InChI is InChI=1S/C12H14Cl2F2Si/c1-17(14)4-2-8(3-5-17)9-6-10(15)12(13)11(16)7-9/h6-8H,2-5H2,1H3. The van der Waals surface area contributed by atoms with E-state index < -0.39 is 24.0 Å². The van der Waals surface area contributed by atoms with Gasteiger partial charge in [-0.1, -0.05) is 18.1 Å². The van der Waals surface area contributed by atoms with Crippen LogP contribution in [0.2, 0.25) is 23.7 Å². The Bertz CT molecular complexity index is 402. The number of hydrogen-bond acceptors (Lipinski definition) is 0. The number of halogens is 4. The quantitative estimate of drug-likeness (QED) is 0.374. The maximum atomic E-state index is 13.4. The van der Waals surface area contributed by atoms with Crippen LogP contribution in [0, 0.1) is 11.6 Å². The third-order valence-electron chi connectivity index (χ3n) is 3.51. The third kappa shape index (κ3) is 3.01. The second-order valence-electron chi connectivity index (χ2n) is 4.99. The monoisotopic (exact) mass is 294 g/mol. The molecular weight excluding hydrogens is 281 g/mol. The summed E-state index contributed by atoms with van der Waals surface area (Å²) < 4.78 is 26.7. The summed E-state index contributed by atoms with van der Waals surface area (Å²) in [6.07, 6.45) is 1.85. The van der Waals surface area contributed by atoms with Gasteiger partial charge in [-0.2, -0.15) is 11.1 Å². The predicted molar refractivity (Wildman–Crippen MR) is 70.4 cm³/mol. The Morgan fingerprint density at radius 1 is 1.18 bits per heavy atom. The second-order valence-corrected chi connectivity index (χ2v) is 11.9. The van der Waals surface area contributed by atoms with Crippen molar-refractivity contribution in [3.05, 3.63) is 34.4 Å². The van der Waals surface area contributed by atoms with Crippen molar-refractivity contribution in [1.82, 2.24) is 0 Å². The molecule has 0 N–H and O–H groups in total. The SMILES string of the molecule is C[Si]1(Cl)CCC(c2cc(F)c(Cl)c(F)c2)CC1. The fourth-order valence-corrected chi connectivity index (χ4v) is 5.28. The van der Waals surface area contributed by atoms with E-state index >= 15 is 0 Å². The highest BCUT2D eigenvalue weighted by Gasteiger charge is 2.32. The average Bonchev–Trinajstić information content (AvgIpc) is 2.25. The van der Waals surface area contributed by atoms with Crippen LogP contribution in [0.4, 0.5) is 8.78 Å². The van der Waals surface area contributed by atoms with E-state index in [9.17, 15) is 8.78 Å². The van der Waals surface area contributed by atoms with Crippen molar-refractivity contribution in [3.63, 3.8) is 0 Å². The van der Waals surface area contributed by atoms with Crippen molar-refractivity contribution < 1.29 is 8.78 Å². The molecule has 0 unspecified atom stereocenters. The summed E-state index contributed by atoms with van der Waals surface area (Å²) >= 11 is 11.9. The molecule has 1 aromatic carbocycles. The van der Waals surface area contributed by atoms with Gasteiger partial charge in [0.15, 0.2) is 7.38 Å². The zero-order valence-electron chi connectivity index (χ0n) is 9.57. The Balaban J connectivity index is 2.19. The van der Waals surface area contributed by atoms with Gasteiger partial charge in [-0.05, 0) is 48.5 Å². The fraction of sp³-hybridized carbons (Fsp3) is 0.500. The maximum Gasteiger partial charge on any atom is 0.153 e. The van der Waals surface area contributed by atoms with Gasteiger partial charge in [-0.3, -0.25) is 0 Å². The molecule has 5 heteroatoms. The molecule has 0 bridgehead atoms. The molecule has 0 amide bonds. The highest BCUT2D eigenvalue weighted by atomic mass is 35.6. The van der Waals surface area contributed by atoms with E-state index in [1.54, 1.807) is 0 Å². The van der Waals surface area contributed by atoms with Gasteiger partial charge in [0.2, 0.25) is 0 Å². The molecule has 94 valence electrons. The third-order valence-corrected chi connectivity index (χ3v) is 7.66. The van der Waals surface area contributed by atoms with Crippen molar-refractivity contribution in [2.45, 2.75) is 37.4 Å². The number of benzene rings is 1. The Labute approximate surface area is 111 Å². The van der Waals surface area contributed by atoms with Gasteiger partial charge < -0.3 is 0 Å². The first kappa shape index (κ1) is 13.3. The average molecular weight is 295 g/mol. The summed E-state index contributed by atoms with van der Waals surface area (Å²) in [5.74, 6) is -1.12. The molecule has 1 saturated heterocycles. The molecule has 1 aliphatic heterocycles. The molecule has 0 atom stereocenters. The largest absolute Gasteiger partial charge is 0.205 e. The lowest BCUT2D eigenvalue weighted by atomic mass is 9.93. The minimum Gasteiger partial charge on any atom is -0.205 e. The van der Waals surface area contributed by atoms with Crippen molar-refractivity contribution in [1.29, 1.82) is 0 Å². The van der Waals surface area contributed by atoms with Gasteiger partial charge in [0.25, 0.3) is 0 Å². The van der Waals surface area contributed by atoms with Crippen LogP contribution in [0.15, 0.2) is 12.1 Å². The minimum absolute atomic E-state index is 0.218. The van der Waals surface area contributed by atoms with Crippen LogP contribution in [0.5, 0.6) is 0 Å². The molecule has 1 fully saturated rings. The first-order chi connectivity index (χ1) is 7.89. The molecule has 17 heavy (non-hydrogen) atoms. The molecule has 0 aliphatic carbocycles.